The summed E-state index contributed by atoms with van der Waals surface area (Å²) in [6.45, 7) is 0. The number of sulfonamides is 1. The lowest BCUT2D eigenvalue weighted by Crippen LogP contribution is -2.18. The second kappa shape index (κ2) is 3.20. The van der Waals surface area contributed by atoms with Crippen molar-refractivity contribution in [1.82, 2.24) is 4.72 Å². The standard InChI is InChI=1S/C7H8FNO2S/c1-9-12(10,11)7-4-2-6(8)3-5-7/h2-5,9H,1H3. The summed E-state index contributed by atoms with van der Waals surface area (Å²) in [4.78, 5) is 0.0615. The summed E-state index contributed by atoms with van der Waals surface area (Å²) >= 11 is 0. The highest BCUT2D eigenvalue weighted by Gasteiger charge is 2.09. The number of hydrogen-bond donors (Lipinski definition) is 1. The summed E-state index contributed by atoms with van der Waals surface area (Å²) in [6, 6.07) is 4.62. The van der Waals surface area contributed by atoms with Crippen LogP contribution in [-0.4, -0.2) is 15.5 Å². The quantitative estimate of drug-likeness (QED) is 0.745. The molecule has 3 nitrogen and oxygen atoms in total. The molecule has 0 fully saturated rings. The molecular weight excluding hydrogens is 181 g/mol. The Bertz CT molecular complexity index is 357. The molecule has 0 aliphatic heterocycles. The Balaban J connectivity index is 3.14. The van der Waals surface area contributed by atoms with E-state index in [1.165, 1.54) is 19.2 Å². The van der Waals surface area contributed by atoms with Crippen LogP contribution in [0.4, 0.5) is 4.39 Å². The molecule has 0 amide bonds. The minimum Gasteiger partial charge on any atom is -0.214 e. The molecule has 0 aliphatic carbocycles. The normalized spacial score (nSPS) is 11.5. The topological polar surface area (TPSA) is 46.2 Å². The van der Waals surface area contributed by atoms with E-state index in [1.807, 2.05) is 0 Å². The number of nitrogens with one attached hydrogen (secondary N) is 1. The van der Waals surface area contributed by atoms with E-state index >= 15 is 0 Å². The Morgan fingerprint density at radius 2 is 1.75 bits per heavy atom. The lowest BCUT2D eigenvalue weighted by molar-refractivity contribution is 0.587. The van der Waals surface area contributed by atoms with Crippen LogP contribution in [0.15, 0.2) is 29.2 Å². The Morgan fingerprint density at radius 3 is 2.17 bits per heavy atom. The smallest absolute Gasteiger partial charge is 0.214 e. The molecule has 0 unspecified atom stereocenters. The van der Waals surface area contributed by atoms with Crippen molar-refractivity contribution in [3.63, 3.8) is 0 Å². The zero-order valence-electron chi connectivity index (χ0n) is 6.41. The first kappa shape index (κ1) is 9.15. The fourth-order valence-electron chi connectivity index (χ4n) is 0.732. The molecule has 0 atom stereocenters. The van der Waals surface area contributed by atoms with Crippen molar-refractivity contribution in [3.05, 3.63) is 30.1 Å². The summed E-state index contributed by atoms with van der Waals surface area (Å²) in [5.41, 5.74) is 0. The summed E-state index contributed by atoms with van der Waals surface area (Å²) in [5, 5.41) is 0. The van der Waals surface area contributed by atoms with E-state index in [0.29, 0.717) is 0 Å². The molecule has 0 bridgehead atoms. The first-order chi connectivity index (χ1) is 5.56. The average molecular weight is 189 g/mol. The monoisotopic (exact) mass is 189 g/mol. The molecule has 1 rings (SSSR count). The van der Waals surface area contributed by atoms with Gasteiger partial charge in [0.1, 0.15) is 5.82 Å². The zero-order chi connectivity index (χ0) is 9.19. The first-order valence-corrected chi connectivity index (χ1v) is 4.74. The van der Waals surface area contributed by atoms with Crippen molar-refractivity contribution in [2.45, 2.75) is 4.90 Å². The molecule has 0 saturated carbocycles. The summed E-state index contributed by atoms with van der Waals surface area (Å²) < 4.78 is 36.6. The summed E-state index contributed by atoms with van der Waals surface area (Å²) in [6.07, 6.45) is 0. The number of rotatable bonds is 2. The third-order valence-electron chi connectivity index (χ3n) is 1.39. The van der Waals surface area contributed by atoms with Gasteiger partial charge in [0, 0.05) is 0 Å². The maximum absolute atomic E-state index is 12.4. The summed E-state index contributed by atoms with van der Waals surface area (Å²) in [5.74, 6) is -0.454. The van der Waals surface area contributed by atoms with E-state index in [-0.39, 0.29) is 4.90 Å². The highest BCUT2D eigenvalue weighted by atomic mass is 32.2. The Labute approximate surface area is 70.3 Å². The van der Waals surface area contributed by atoms with Gasteiger partial charge >= 0.3 is 0 Å². The van der Waals surface area contributed by atoms with Crippen molar-refractivity contribution >= 4 is 10.0 Å². The van der Waals surface area contributed by atoms with Crippen LogP contribution in [-0.2, 0) is 10.0 Å². The highest BCUT2D eigenvalue weighted by molar-refractivity contribution is 7.89. The Morgan fingerprint density at radius 1 is 1.25 bits per heavy atom. The van der Waals surface area contributed by atoms with Crippen LogP contribution in [0.25, 0.3) is 0 Å². The van der Waals surface area contributed by atoms with E-state index in [2.05, 4.69) is 4.72 Å². The number of benzene rings is 1. The zero-order valence-corrected chi connectivity index (χ0v) is 7.23. The molecule has 1 aromatic carbocycles. The molecule has 0 aliphatic rings. The van der Waals surface area contributed by atoms with E-state index in [4.69, 9.17) is 0 Å². The maximum Gasteiger partial charge on any atom is 0.240 e. The van der Waals surface area contributed by atoms with Gasteiger partial charge in [-0.05, 0) is 31.3 Å². The fourth-order valence-corrected chi connectivity index (χ4v) is 1.46. The van der Waals surface area contributed by atoms with Gasteiger partial charge in [-0.3, -0.25) is 0 Å². The van der Waals surface area contributed by atoms with Crippen molar-refractivity contribution in [1.29, 1.82) is 0 Å². The van der Waals surface area contributed by atoms with Gasteiger partial charge in [-0.1, -0.05) is 0 Å². The molecule has 0 spiro atoms. The largest absolute Gasteiger partial charge is 0.240 e. The lowest BCUT2D eigenvalue weighted by Gasteiger charge is -2.00. The van der Waals surface area contributed by atoms with Crippen LogP contribution in [0.2, 0.25) is 0 Å². The van der Waals surface area contributed by atoms with Gasteiger partial charge < -0.3 is 0 Å². The molecule has 0 saturated heterocycles. The SMILES string of the molecule is CNS(=O)(=O)c1ccc(F)cc1. The first-order valence-electron chi connectivity index (χ1n) is 3.25. The predicted molar refractivity (Wildman–Crippen MR) is 42.6 cm³/mol. The minimum atomic E-state index is -3.43. The molecule has 0 aromatic heterocycles. The Hall–Kier alpha value is -0.940. The molecule has 0 radical (unpaired) electrons. The molecule has 5 heteroatoms. The van der Waals surface area contributed by atoms with E-state index in [1.54, 1.807) is 0 Å². The highest BCUT2D eigenvalue weighted by Crippen LogP contribution is 2.08. The van der Waals surface area contributed by atoms with Crippen LogP contribution >= 0.6 is 0 Å². The van der Waals surface area contributed by atoms with Crippen molar-refractivity contribution in [2.24, 2.45) is 0 Å². The van der Waals surface area contributed by atoms with Crippen molar-refractivity contribution < 1.29 is 12.8 Å². The molecule has 0 heterocycles. The average Bonchev–Trinajstić information content (AvgIpc) is 2.05. The van der Waals surface area contributed by atoms with Gasteiger partial charge in [-0.25, -0.2) is 17.5 Å². The predicted octanol–water partition coefficient (Wildman–Crippen LogP) is 0.734. The van der Waals surface area contributed by atoms with Crippen molar-refractivity contribution in [2.75, 3.05) is 7.05 Å². The van der Waals surface area contributed by atoms with Gasteiger partial charge in [0.2, 0.25) is 10.0 Å². The third kappa shape index (κ3) is 1.80. The fraction of sp³-hybridized carbons (Fsp3) is 0.143. The molecule has 1 N–H and O–H groups in total. The van der Waals surface area contributed by atoms with Crippen LogP contribution < -0.4 is 4.72 Å². The molecule has 66 valence electrons. The second-order valence-corrected chi connectivity index (χ2v) is 4.05. The van der Waals surface area contributed by atoms with Gasteiger partial charge in [0.05, 0.1) is 4.90 Å². The minimum absolute atomic E-state index is 0.0615. The van der Waals surface area contributed by atoms with E-state index in [9.17, 15) is 12.8 Å². The maximum atomic E-state index is 12.4. The van der Waals surface area contributed by atoms with Gasteiger partial charge in [0.25, 0.3) is 0 Å². The van der Waals surface area contributed by atoms with Crippen LogP contribution in [0.3, 0.4) is 0 Å². The van der Waals surface area contributed by atoms with Crippen molar-refractivity contribution in [3.8, 4) is 0 Å². The molecule has 12 heavy (non-hydrogen) atoms. The van der Waals surface area contributed by atoms with E-state index < -0.39 is 15.8 Å². The lowest BCUT2D eigenvalue weighted by atomic mass is 10.4. The second-order valence-electron chi connectivity index (χ2n) is 2.16. The van der Waals surface area contributed by atoms with E-state index in [0.717, 1.165) is 12.1 Å². The van der Waals surface area contributed by atoms with Gasteiger partial charge in [-0.15, -0.1) is 0 Å². The van der Waals surface area contributed by atoms with Crippen LogP contribution in [0.5, 0.6) is 0 Å². The molecular formula is C7H8FNO2S. The number of halogens is 1. The van der Waals surface area contributed by atoms with Gasteiger partial charge in [0.15, 0.2) is 0 Å². The summed E-state index contributed by atoms with van der Waals surface area (Å²) in [7, 11) is -2.13. The number of hydrogen-bond acceptors (Lipinski definition) is 2. The molecule has 1 aromatic rings. The van der Waals surface area contributed by atoms with Crippen LogP contribution in [0, 0.1) is 5.82 Å². The van der Waals surface area contributed by atoms with Gasteiger partial charge in [-0.2, -0.15) is 0 Å². The Kier molecular flexibility index (Phi) is 2.44. The third-order valence-corrected chi connectivity index (χ3v) is 2.82. The van der Waals surface area contributed by atoms with Crippen LogP contribution in [0.1, 0.15) is 0 Å².